The van der Waals surface area contributed by atoms with E-state index in [-0.39, 0.29) is 17.1 Å². The largest absolute Gasteiger partial charge is 0.323 e. The van der Waals surface area contributed by atoms with Crippen molar-refractivity contribution in [2.75, 3.05) is 11.1 Å². The first-order chi connectivity index (χ1) is 15.5. The van der Waals surface area contributed by atoms with Crippen LogP contribution in [0.2, 0.25) is 0 Å². The van der Waals surface area contributed by atoms with E-state index in [4.69, 9.17) is 0 Å². The van der Waals surface area contributed by atoms with Crippen LogP contribution in [0.1, 0.15) is 0 Å². The third-order valence-corrected chi connectivity index (χ3v) is 5.37. The molecule has 0 radical (unpaired) electrons. The van der Waals surface area contributed by atoms with Crippen LogP contribution in [-0.4, -0.2) is 31.3 Å². The summed E-state index contributed by atoms with van der Waals surface area (Å²) in [6, 6.07) is 21.2. The molecule has 0 atom stereocenters. The second-order valence-corrected chi connectivity index (χ2v) is 7.54. The van der Waals surface area contributed by atoms with Gasteiger partial charge in [0.2, 0.25) is 5.91 Å². The molecule has 0 spiro atoms. The van der Waals surface area contributed by atoms with Crippen LogP contribution in [0.3, 0.4) is 0 Å². The fourth-order valence-corrected chi connectivity index (χ4v) is 3.75. The Labute approximate surface area is 186 Å². The Balaban J connectivity index is 1.63. The first kappa shape index (κ1) is 21.2. The number of carbonyl (C=O) groups excluding carboxylic acids is 1. The summed E-state index contributed by atoms with van der Waals surface area (Å²) in [5.74, 6) is -0.559. The molecule has 0 saturated heterocycles. The molecule has 0 aliphatic carbocycles. The Bertz CT molecular complexity index is 1280. The molecule has 0 saturated carbocycles. The Kier molecular flexibility index (Phi) is 6.22. The maximum absolute atomic E-state index is 13.8. The molecule has 8 nitrogen and oxygen atoms in total. The molecule has 1 N–H and O–H groups in total. The normalized spacial score (nSPS) is 10.7. The molecule has 10 heteroatoms. The molecule has 0 fully saturated rings. The van der Waals surface area contributed by atoms with Crippen molar-refractivity contribution in [3.8, 4) is 17.1 Å². The molecule has 160 valence electrons. The van der Waals surface area contributed by atoms with Crippen molar-refractivity contribution in [3.05, 3.63) is 94.8 Å². The highest BCUT2D eigenvalue weighted by Crippen LogP contribution is 2.29. The molecular formula is C22H16FN5O3S. The van der Waals surface area contributed by atoms with Gasteiger partial charge < -0.3 is 5.32 Å². The third kappa shape index (κ3) is 4.65. The average molecular weight is 449 g/mol. The van der Waals surface area contributed by atoms with E-state index in [0.717, 1.165) is 17.4 Å². The Morgan fingerprint density at radius 1 is 1.03 bits per heavy atom. The molecule has 0 aliphatic rings. The molecule has 32 heavy (non-hydrogen) atoms. The monoisotopic (exact) mass is 449 g/mol. The number of amides is 1. The lowest BCUT2D eigenvalue weighted by molar-refractivity contribution is -0.384. The van der Waals surface area contributed by atoms with Crippen LogP contribution in [-0.2, 0) is 4.79 Å². The number of hydrogen-bond donors (Lipinski definition) is 1. The summed E-state index contributed by atoms with van der Waals surface area (Å²) < 4.78 is 15.5. The van der Waals surface area contributed by atoms with E-state index in [0.29, 0.717) is 16.5 Å². The van der Waals surface area contributed by atoms with Crippen LogP contribution in [0.25, 0.3) is 17.1 Å². The lowest BCUT2D eigenvalue weighted by atomic mass is 10.2. The maximum Gasteiger partial charge on any atom is 0.270 e. The molecule has 1 amide bonds. The zero-order chi connectivity index (χ0) is 22.5. The molecule has 4 aromatic rings. The predicted molar refractivity (Wildman–Crippen MR) is 119 cm³/mol. The number of nitro benzene ring substituents is 1. The fourth-order valence-electron chi connectivity index (χ4n) is 3.00. The van der Waals surface area contributed by atoms with Gasteiger partial charge in [-0.25, -0.2) is 4.39 Å². The van der Waals surface area contributed by atoms with Crippen LogP contribution in [0.5, 0.6) is 0 Å². The van der Waals surface area contributed by atoms with E-state index in [9.17, 15) is 19.3 Å². The summed E-state index contributed by atoms with van der Waals surface area (Å²) in [5, 5.41) is 22.5. The zero-order valence-corrected chi connectivity index (χ0v) is 17.3. The number of anilines is 1. The highest BCUT2D eigenvalue weighted by molar-refractivity contribution is 7.99. The van der Waals surface area contributed by atoms with Gasteiger partial charge >= 0.3 is 0 Å². The average Bonchev–Trinajstić information content (AvgIpc) is 3.24. The van der Waals surface area contributed by atoms with Crippen molar-refractivity contribution in [1.29, 1.82) is 0 Å². The quantitative estimate of drug-likeness (QED) is 0.249. The van der Waals surface area contributed by atoms with E-state index in [2.05, 4.69) is 15.5 Å². The Morgan fingerprint density at radius 3 is 2.53 bits per heavy atom. The van der Waals surface area contributed by atoms with Crippen LogP contribution in [0.15, 0.2) is 84.0 Å². The van der Waals surface area contributed by atoms with Crippen molar-refractivity contribution in [2.45, 2.75) is 5.16 Å². The second kappa shape index (κ2) is 9.40. The summed E-state index contributed by atoms with van der Waals surface area (Å²) in [6.07, 6.45) is 0. The molecular weight excluding hydrogens is 433 g/mol. The second-order valence-electron chi connectivity index (χ2n) is 6.60. The van der Waals surface area contributed by atoms with Gasteiger partial charge in [0.05, 0.1) is 16.4 Å². The number of hydrogen-bond acceptors (Lipinski definition) is 6. The van der Waals surface area contributed by atoms with Crippen molar-refractivity contribution in [1.82, 2.24) is 14.8 Å². The summed E-state index contributed by atoms with van der Waals surface area (Å²) in [6.45, 7) is 0. The summed E-state index contributed by atoms with van der Waals surface area (Å²) in [5.41, 5.74) is 1.28. The summed E-state index contributed by atoms with van der Waals surface area (Å²) in [4.78, 5) is 23.1. The first-order valence-corrected chi connectivity index (χ1v) is 10.4. The van der Waals surface area contributed by atoms with Crippen LogP contribution in [0, 0.1) is 15.9 Å². The van der Waals surface area contributed by atoms with Crippen molar-refractivity contribution < 1.29 is 14.1 Å². The van der Waals surface area contributed by atoms with E-state index in [1.165, 1.54) is 30.3 Å². The van der Waals surface area contributed by atoms with Gasteiger partial charge in [-0.05, 0) is 24.3 Å². The van der Waals surface area contributed by atoms with Gasteiger partial charge in [-0.1, -0.05) is 54.2 Å². The summed E-state index contributed by atoms with van der Waals surface area (Å²) in [7, 11) is 0. The molecule has 1 aromatic heterocycles. The number of non-ortho nitro benzene ring substituents is 1. The van der Waals surface area contributed by atoms with Crippen LogP contribution < -0.4 is 5.32 Å². The standard InChI is InChI=1S/C22H16FN5O3S/c23-18-11-4-5-12-19(18)24-20(29)14-32-22-26-25-21(27(22)16-8-2-1-3-9-16)15-7-6-10-17(13-15)28(30)31/h1-13H,14H2,(H,24,29). The van der Waals surface area contributed by atoms with Gasteiger partial charge in [-0.3, -0.25) is 19.5 Å². The Hall–Kier alpha value is -4.05. The number of thioether (sulfide) groups is 1. The number of para-hydroxylation sites is 2. The minimum Gasteiger partial charge on any atom is -0.323 e. The molecule has 0 aliphatic heterocycles. The first-order valence-electron chi connectivity index (χ1n) is 9.46. The minimum absolute atomic E-state index is 0.0335. The molecule has 0 bridgehead atoms. The third-order valence-electron chi connectivity index (χ3n) is 4.44. The fraction of sp³-hybridized carbons (Fsp3) is 0.0455. The number of carbonyl (C=O) groups is 1. The number of nitro groups is 1. The van der Waals surface area contributed by atoms with E-state index in [1.54, 1.807) is 22.8 Å². The van der Waals surface area contributed by atoms with Gasteiger partial charge in [-0.15, -0.1) is 10.2 Å². The predicted octanol–water partition coefficient (Wildman–Crippen LogP) is 4.71. The van der Waals surface area contributed by atoms with Gasteiger partial charge in [0, 0.05) is 23.4 Å². The van der Waals surface area contributed by atoms with E-state index >= 15 is 0 Å². The molecule has 3 aromatic carbocycles. The number of nitrogens with one attached hydrogen (secondary N) is 1. The SMILES string of the molecule is O=C(CSc1nnc(-c2cccc([N+](=O)[O-])c2)n1-c1ccccc1)Nc1ccccc1F. The summed E-state index contributed by atoms with van der Waals surface area (Å²) >= 11 is 1.12. The lowest BCUT2D eigenvalue weighted by Gasteiger charge is -2.10. The maximum atomic E-state index is 13.8. The highest BCUT2D eigenvalue weighted by Gasteiger charge is 2.19. The topological polar surface area (TPSA) is 103 Å². The number of nitrogens with zero attached hydrogens (tertiary/aromatic N) is 4. The van der Waals surface area contributed by atoms with Crippen molar-refractivity contribution in [2.24, 2.45) is 0 Å². The van der Waals surface area contributed by atoms with Gasteiger partial charge in [0.15, 0.2) is 11.0 Å². The van der Waals surface area contributed by atoms with E-state index in [1.807, 2.05) is 30.3 Å². The van der Waals surface area contributed by atoms with Gasteiger partial charge in [-0.2, -0.15) is 0 Å². The van der Waals surface area contributed by atoms with Crippen molar-refractivity contribution >= 4 is 29.0 Å². The number of aromatic nitrogens is 3. The number of halogens is 1. The van der Waals surface area contributed by atoms with Crippen LogP contribution >= 0.6 is 11.8 Å². The highest BCUT2D eigenvalue weighted by atomic mass is 32.2. The lowest BCUT2D eigenvalue weighted by Crippen LogP contribution is -2.15. The molecule has 4 rings (SSSR count). The number of benzene rings is 3. The number of rotatable bonds is 7. The molecule has 1 heterocycles. The van der Waals surface area contributed by atoms with Crippen LogP contribution in [0.4, 0.5) is 15.8 Å². The zero-order valence-electron chi connectivity index (χ0n) is 16.5. The van der Waals surface area contributed by atoms with Gasteiger partial charge in [0.25, 0.3) is 5.69 Å². The van der Waals surface area contributed by atoms with Gasteiger partial charge in [0.1, 0.15) is 5.82 Å². The van der Waals surface area contributed by atoms with Crippen molar-refractivity contribution in [3.63, 3.8) is 0 Å². The molecule has 0 unspecified atom stereocenters. The smallest absolute Gasteiger partial charge is 0.270 e. The minimum atomic E-state index is -0.522. The van der Waals surface area contributed by atoms with E-state index < -0.39 is 16.6 Å². The Morgan fingerprint density at radius 2 is 1.78 bits per heavy atom.